The molecule has 2 aliphatic rings. The first kappa shape index (κ1) is 15.9. The summed E-state index contributed by atoms with van der Waals surface area (Å²) in [5.41, 5.74) is 1.16. The highest BCUT2D eigenvalue weighted by atomic mass is 16.5. The monoisotopic (exact) mass is 343 g/mol. The maximum Gasteiger partial charge on any atom is 0.318 e. The second kappa shape index (κ2) is 7.10. The number of benzene rings is 1. The summed E-state index contributed by atoms with van der Waals surface area (Å²) in [4.78, 5) is 18.7. The van der Waals surface area contributed by atoms with E-state index < -0.39 is 0 Å². The van der Waals surface area contributed by atoms with E-state index in [4.69, 9.17) is 9.47 Å². The van der Waals surface area contributed by atoms with Gasteiger partial charge in [0.2, 0.25) is 0 Å². The Morgan fingerprint density at radius 3 is 3.16 bits per heavy atom. The van der Waals surface area contributed by atoms with Gasteiger partial charge in [-0.3, -0.25) is 5.10 Å². The fraction of sp³-hybridized carbons (Fsp3) is 0.471. The molecule has 0 bridgehead atoms. The molecule has 2 atom stereocenters. The van der Waals surface area contributed by atoms with Crippen molar-refractivity contribution >= 4 is 6.03 Å². The number of urea groups is 1. The molecule has 0 radical (unpaired) electrons. The minimum atomic E-state index is -0.238. The van der Waals surface area contributed by atoms with E-state index in [9.17, 15) is 4.79 Å². The molecule has 2 aromatic rings. The van der Waals surface area contributed by atoms with E-state index in [2.05, 4.69) is 26.6 Å². The molecule has 4 rings (SSSR count). The van der Waals surface area contributed by atoms with E-state index in [-0.39, 0.29) is 18.0 Å². The van der Waals surface area contributed by atoms with Gasteiger partial charge < -0.3 is 19.7 Å². The van der Waals surface area contributed by atoms with Gasteiger partial charge in [0.05, 0.1) is 19.8 Å². The van der Waals surface area contributed by atoms with E-state index >= 15 is 0 Å². The molecule has 1 saturated heterocycles. The molecule has 132 valence electrons. The molecule has 8 nitrogen and oxygen atoms in total. The number of para-hydroxylation sites is 1. The molecule has 0 saturated carbocycles. The number of H-pyrrole nitrogens is 1. The van der Waals surface area contributed by atoms with Gasteiger partial charge in [-0.15, -0.1) is 0 Å². The van der Waals surface area contributed by atoms with Gasteiger partial charge in [0.1, 0.15) is 23.9 Å². The lowest BCUT2D eigenvalue weighted by Crippen LogP contribution is -2.49. The first-order valence-corrected chi connectivity index (χ1v) is 8.52. The van der Waals surface area contributed by atoms with Gasteiger partial charge in [-0.2, -0.15) is 5.10 Å². The van der Waals surface area contributed by atoms with Gasteiger partial charge in [0, 0.05) is 19.0 Å². The number of amides is 2. The van der Waals surface area contributed by atoms with Crippen molar-refractivity contribution in [2.45, 2.75) is 18.4 Å². The number of aromatic amines is 1. The predicted octanol–water partition coefficient (Wildman–Crippen LogP) is 1.45. The van der Waals surface area contributed by atoms with Crippen LogP contribution in [0, 0.1) is 0 Å². The number of morpholine rings is 1. The maximum absolute atomic E-state index is 12.7. The summed E-state index contributed by atoms with van der Waals surface area (Å²) in [6, 6.07) is 7.68. The Bertz CT molecular complexity index is 721. The second-order valence-electron chi connectivity index (χ2n) is 6.21. The topological polar surface area (TPSA) is 92.4 Å². The van der Waals surface area contributed by atoms with Gasteiger partial charge in [-0.05, 0) is 18.1 Å². The smallest absolute Gasteiger partial charge is 0.318 e. The van der Waals surface area contributed by atoms with Crippen LogP contribution < -0.4 is 10.1 Å². The molecule has 8 heteroatoms. The van der Waals surface area contributed by atoms with E-state index in [0.29, 0.717) is 38.7 Å². The number of hydrogen-bond acceptors (Lipinski definition) is 5. The number of aromatic nitrogens is 3. The normalized spacial score (nSPS) is 22.8. The quantitative estimate of drug-likeness (QED) is 0.880. The van der Waals surface area contributed by atoms with Gasteiger partial charge in [-0.1, -0.05) is 18.2 Å². The third-order valence-electron chi connectivity index (χ3n) is 4.72. The number of carbonyl (C=O) groups is 1. The summed E-state index contributed by atoms with van der Waals surface area (Å²) in [6.07, 6.45) is 2.34. The molecule has 2 amide bonds. The molecule has 2 N–H and O–H groups in total. The van der Waals surface area contributed by atoms with E-state index in [1.165, 1.54) is 6.33 Å². The Balaban J connectivity index is 1.42. The van der Waals surface area contributed by atoms with Crippen molar-refractivity contribution in [1.29, 1.82) is 0 Å². The fourth-order valence-electron chi connectivity index (χ4n) is 3.39. The minimum absolute atomic E-state index is 0.103. The Labute approximate surface area is 145 Å². The van der Waals surface area contributed by atoms with Crippen molar-refractivity contribution in [3.63, 3.8) is 0 Å². The van der Waals surface area contributed by atoms with Crippen molar-refractivity contribution < 1.29 is 14.3 Å². The summed E-state index contributed by atoms with van der Waals surface area (Å²) in [5.74, 6) is 1.82. The third-order valence-corrected chi connectivity index (χ3v) is 4.72. The van der Waals surface area contributed by atoms with E-state index in [1.807, 2.05) is 18.2 Å². The molecule has 1 fully saturated rings. The number of nitrogens with zero attached hydrogens (tertiary/aromatic N) is 3. The average Bonchev–Trinajstić information content (AvgIpc) is 3.21. The van der Waals surface area contributed by atoms with Crippen LogP contribution in [0.25, 0.3) is 0 Å². The molecule has 1 aromatic heterocycles. The van der Waals surface area contributed by atoms with Crippen molar-refractivity contribution in [2.75, 3.05) is 32.9 Å². The number of rotatable bonds is 3. The number of fused-ring (bicyclic) bond motifs is 1. The Kier molecular flexibility index (Phi) is 4.51. The number of nitrogens with one attached hydrogen (secondary N) is 2. The van der Waals surface area contributed by atoms with Crippen LogP contribution in [-0.4, -0.2) is 59.0 Å². The van der Waals surface area contributed by atoms with Gasteiger partial charge in [-0.25, -0.2) is 9.78 Å². The Morgan fingerprint density at radius 1 is 1.36 bits per heavy atom. The van der Waals surface area contributed by atoms with Gasteiger partial charge in [0.25, 0.3) is 0 Å². The first-order chi connectivity index (χ1) is 12.3. The highest BCUT2D eigenvalue weighted by Gasteiger charge is 2.31. The SMILES string of the molecule is O=C(NC[C@@H]1CCOc2ccccc21)N1CCOC[C@H]1c1ncn[nH]1. The summed E-state index contributed by atoms with van der Waals surface area (Å²) >= 11 is 0. The van der Waals surface area contributed by atoms with Crippen LogP contribution in [0.2, 0.25) is 0 Å². The standard InChI is InChI=1S/C17H21N5O3/c23-17(22-6-8-24-10-14(22)16-19-11-20-21-16)18-9-12-5-7-25-15-4-2-1-3-13(12)15/h1-4,11-12,14H,5-10H2,(H,18,23)(H,19,20,21)/t12-,14-/m0/s1. The Morgan fingerprint density at radius 2 is 2.28 bits per heavy atom. The van der Waals surface area contributed by atoms with Crippen LogP contribution >= 0.6 is 0 Å². The number of hydrogen-bond donors (Lipinski definition) is 2. The lowest BCUT2D eigenvalue weighted by Gasteiger charge is -2.35. The molecule has 2 aliphatic heterocycles. The first-order valence-electron chi connectivity index (χ1n) is 8.52. The van der Waals surface area contributed by atoms with Crippen LogP contribution in [-0.2, 0) is 4.74 Å². The van der Waals surface area contributed by atoms with E-state index in [0.717, 1.165) is 17.7 Å². The summed E-state index contributed by atoms with van der Waals surface area (Å²) < 4.78 is 11.2. The summed E-state index contributed by atoms with van der Waals surface area (Å²) in [6.45, 7) is 2.73. The molecule has 3 heterocycles. The lowest BCUT2D eigenvalue weighted by atomic mass is 9.93. The molecule has 1 aromatic carbocycles. The number of carbonyl (C=O) groups excluding carboxylic acids is 1. The molecule has 0 aliphatic carbocycles. The van der Waals surface area contributed by atoms with Gasteiger partial charge >= 0.3 is 6.03 Å². The van der Waals surface area contributed by atoms with Crippen LogP contribution in [0.15, 0.2) is 30.6 Å². The maximum atomic E-state index is 12.7. The second-order valence-corrected chi connectivity index (χ2v) is 6.21. The largest absolute Gasteiger partial charge is 0.493 e. The van der Waals surface area contributed by atoms with Crippen molar-refractivity contribution in [1.82, 2.24) is 25.4 Å². The lowest BCUT2D eigenvalue weighted by molar-refractivity contribution is 0.00864. The highest BCUT2D eigenvalue weighted by Crippen LogP contribution is 2.32. The van der Waals surface area contributed by atoms with Crippen LogP contribution in [0.3, 0.4) is 0 Å². The zero-order valence-electron chi connectivity index (χ0n) is 13.9. The zero-order chi connectivity index (χ0) is 17.1. The van der Waals surface area contributed by atoms with E-state index in [1.54, 1.807) is 4.90 Å². The predicted molar refractivity (Wildman–Crippen MR) is 89.3 cm³/mol. The fourth-order valence-corrected chi connectivity index (χ4v) is 3.39. The summed E-state index contributed by atoms with van der Waals surface area (Å²) in [7, 11) is 0. The molecule has 25 heavy (non-hydrogen) atoms. The van der Waals surface area contributed by atoms with Crippen LogP contribution in [0.1, 0.15) is 29.8 Å². The third kappa shape index (κ3) is 3.30. The minimum Gasteiger partial charge on any atom is -0.493 e. The van der Waals surface area contributed by atoms with Gasteiger partial charge in [0.15, 0.2) is 0 Å². The molecular weight excluding hydrogens is 322 g/mol. The highest BCUT2D eigenvalue weighted by molar-refractivity contribution is 5.75. The molecule has 0 unspecified atom stereocenters. The zero-order valence-corrected chi connectivity index (χ0v) is 13.9. The number of ether oxygens (including phenoxy) is 2. The van der Waals surface area contributed by atoms with Crippen LogP contribution in [0.4, 0.5) is 4.79 Å². The molecular formula is C17H21N5O3. The molecule has 0 spiro atoms. The van der Waals surface area contributed by atoms with Crippen molar-refractivity contribution in [2.24, 2.45) is 0 Å². The summed E-state index contributed by atoms with van der Waals surface area (Å²) in [5, 5.41) is 9.77. The van der Waals surface area contributed by atoms with Crippen molar-refractivity contribution in [3.05, 3.63) is 42.0 Å². The van der Waals surface area contributed by atoms with Crippen molar-refractivity contribution in [3.8, 4) is 5.75 Å². The van der Waals surface area contributed by atoms with Crippen LogP contribution in [0.5, 0.6) is 5.75 Å². The average molecular weight is 343 g/mol. The Hall–Kier alpha value is -2.61.